The molecule has 18 heavy (non-hydrogen) atoms. The highest BCUT2D eigenvalue weighted by atomic mass is 16.3. The Labute approximate surface area is 114 Å². The van der Waals surface area contributed by atoms with Gasteiger partial charge in [-0.05, 0) is 65.3 Å². The lowest BCUT2D eigenvalue weighted by molar-refractivity contribution is -0.0329. The van der Waals surface area contributed by atoms with Crippen molar-refractivity contribution in [1.82, 2.24) is 5.32 Å². The minimum Gasteiger partial charge on any atom is -0.390 e. The minimum absolute atomic E-state index is 0.147. The molecule has 1 saturated carbocycles. The lowest BCUT2D eigenvalue weighted by Gasteiger charge is -2.39. The summed E-state index contributed by atoms with van der Waals surface area (Å²) in [6.45, 7) is 11.8. The van der Waals surface area contributed by atoms with Crippen molar-refractivity contribution >= 4 is 0 Å². The molecular weight excluding hydrogens is 222 g/mol. The Bertz CT molecular complexity index is 242. The zero-order valence-corrected chi connectivity index (χ0v) is 13.1. The third-order valence-electron chi connectivity index (χ3n) is 4.53. The number of aliphatic hydroxyl groups is 1. The third kappa shape index (κ3) is 5.27. The first-order chi connectivity index (χ1) is 8.24. The summed E-state index contributed by atoms with van der Waals surface area (Å²) < 4.78 is 0. The standard InChI is InChI=1S/C16H33NO/c1-6-13-8-7-9-14(12-13)16(5,18)10-11-17-15(2,3)4/h13-14,17-18H,6-12H2,1-5H3. The van der Waals surface area contributed by atoms with Crippen LogP contribution in [0.5, 0.6) is 0 Å². The van der Waals surface area contributed by atoms with Gasteiger partial charge in [-0.15, -0.1) is 0 Å². The van der Waals surface area contributed by atoms with Gasteiger partial charge in [0.15, 0.2) is 0 Å². The predicted octanol–water partition coefficient (Wildman–Crippen LogP) is 3.73. The van der Waals surface area contributed by atoms with Crippen LogP contribution in [0.3, 0.4) is 0 Å². The average Bonchev–Trinajstić information content (AvgIpc) is 2.27. The Morgan fingerprint density at radius 3 is 2.39 bits per heavy atom. The van der Waals surface area contributed by atoms with E-state index in [1.54, 1.807) is 0 Å². The van der Waals surface area contributed by atoms with Crippen LogP contribution in [0.2, 0.25) is 0 Å². The molecule has 1 aliphatic rings. The van der Waals surface area contributed by atoms with E-state index in [4.69, 9.17) is 0 Å². The molecule has 3 atom stereocenters. The molecule has 0 amide bonds. The van der Waals surface area contributed by atoms with Crippen molar-refractivity contribution in [2.24, 2.45) is 11.8 Å². The summed E-state index contributed by atoms with van der Waals surface area (Å²) in [6.07, 6.45) is 7.23. The van der Waals surface area contributed by atoms with Crippen LogP contribution < -0.4 is 5.32 Å². The second-order valence-electron chi connectivity index (χ2n) is 7.42. The lowest BCUT2D eigenvalue weighted by Crippen LogP contribution is -2.43. The Balaban J connectivity index is 2.42. The monoisotopic (exact) mass is 255 g/mol. The van der Waals surface area contributed by atoms with Gasteiger partial charge in [-0.3, -0.25) is 0 Å². The van der Waals surface area contributed by atoms with Gasteiger partial charge < -0.3 is 10.4 Å². The fourth-order valence-electron chi connectivity index (χ4n) is 3.12. The first kappa shape index (κ1) is 16.0. The SMILES string of the molecule is CCC1CCCC(C(C)(O)CCNC(C)(C)C)C1. The van der Waals surface area contributed by atoms with Gasteiger partial charge in [0.1, 0.15) is 0 Å². The van der Waals surface area contributed by atoms with Crippen molar-refractivity contribution in [1.29, 1.82) is 0 Å². The van der Waals surface area contributed by atoms with Gasteiger partial charge in [0.2, 0.25) is 0 Å². The highest BCUT2D eigenvalue weighted by Crippen LogP contribution is 2.38. The summed E-state index contributed by atoms with van der Waals surface area (Å²) >= 11 is 0. The molecule has 108 valence electrons. The number of hydrogen-bond acceptors (Lipinski definition) is 2. The van der Waals surface area contributed by atoms with Crippen molar-refractivity contribution in [2.75, 3.05) is 6.54 Å². The van der Waals surface area contributed by atoms with Crippen LogP contribution in [0, 0.1) is 11.8 Å². The second-order valence-corrected chi connectivity index (χ2v) is 7.42. The van der Waals surface area contributed by atoms with Gasteiger partial charge in [-0.1, -0.05) is 26.2 Å². The quantitative estimate of drug-likeness (QED) is 0.784. The van der Waals surface area contributed by atoms with Crippen LogP contribution in [-0.4, -0.2) is 22.8 Å². The zero-order chi connectivity index (χ0) is 13.8. The lowest BCUT2D eigenvalue weighted by atomic mass is 9.71. The molecule has 1 rings (SSSR count). The van der Waals surface area contributed by atoms with Gasteiger partial charge >= 0.3 is 0 Å². The first-order valence-electron chi connectivity index (χ1n) is 7.72. The molecule has 3 unspecified atom stereocenters. The molecule has 2 heteroatoms. The summed E-state index contributed by atoms with van der Waals surface area (Å²) in [4.78, 5) is 0. The molecule has 0 spiro atoms. The van der Waals surface area contributed by atoms with E-state index in [0.717, 1.165) is 18.9 Å². The highest BCUT2D eigenvalue weighted by molar-refractivity contribution is 4.87. The Hall–Kier alpha value is -0.0800. The molecule has 0 heterocycles. The molecule has 0 aromatic carbocycles. The smallest absolute Gasteiger partial charge is 0.0660 e. The van der Waals surface area contributed by atoms with Crippen LogP contribution in [-0.2, 0) is 0 Å². The predicted molar refractivity (Wildman–Crippen MR) is 78.7 cm³/mol. The van der Waals surface area contributed by atoms with Gasteiger partial charge in [-0.25, -0.2) is 0 Å². The zero-order valence-electron chi connectivity index (χ0n) is 13.1. The summed E-state index contributed by atoms with van der Waals surface area (Å²) in [5.74, 6) is 1.34. The molecule has 0 saturated heterocycles. The number of rotatable bonds is 5. The first-order valence-corrected chi connectivity index (χ1v) is 7.72. The van der Waals surface area contributed by atoms with Gasteiger partial charge in [0.05, 0.1) is 5.60 Å². The van der Waals surface area contributed by atoms with Crippen LogP contribution in [0.25, 0.3) is 0 Å². The fraction of sp³-hybridized carbons (Fsp3) is 1.00. The van der Waals surface area contributed by atoms with Gasteiger partial charge in [0.25, 0.3) is 0 Å². The minimum atomic E-state index is -0.494. The Morgan fingerprint density at radius 1 is 1.17 bits per heavy atom. The maximum atomic E-state index is 10.7. The van der Waals surface area contributed by atoms with E-state index < -0.39 is 5.60 Å². The topological polar surface area (TPSA) is 32.3 Å². The molecule has 0 aromatic rings. The van der Waals surface area contributed by atoms with Crippen LogP contribution in [0.15, 0.2) is 0 Å². The molecule has 0 aromatic heterocycles. The number of nitrogens with one attached hydrogen (secondary N) is 1. The Morgan fingerprint density at radius 2 is 1.83 bits per heavy atom. The van der Waals surface area contributed by atoms with Crippen molar-refractivity contribution in [2.45, 2.75) is 84.3 Å². The van der Waals surface area contributed by atoms with Crippen molar-refractivity contribution in [3.63, 3.8) is 0 Å². The van der Waals surface area contributed by atoms with Crippen LogP contribution >= 0.6 is 0 Å². The van der Waals surface area contributed by atoms with E-state index in [-0.39, 0.29) is 5.54 Å². The maximum absolute atomic E-state index is 10.7. The summed E-state index contributed by atoms with van der Waals surface area (Å²) in [6, 6.07) is 0. The van der Waals surface area contributed by atoms with E-state index in [1.165, 1.54) is 32.1 Å². The number of hydrogen-bond donors (Lipinski definition) is 2. The third-order valence-corrected chi connectivity index (χ3v) is 4.53. The van der Waals surface area contributed by atoms with Crippen molar-refractivity contribution in [3.05, 3.63) is 0 Å². The summed E-state index contributed by atoms with van der Waals surface area (Å²) in [7, 11) is 0. The fourth-order valence-corrected chi connectivity index (χ4v) is 3.12. The molecular formula is C16H33NO. The van der Waals surface area contributed by atoms with Crippen LogP contribution in [0.4, 0.5) is 0 Å². The van der Waals surface area contributed by atoms with E-state index in [9.17, 15) is 5.11 Å². The van der Waals surface area contributed by atoms with Crippen molar-refractivity contribution < 1.29 is 5.11 Å². The maximum Gasteiger partial charge on any atom is 0.0660 e. The molecule has 1 aliphatic carbocycles. The molecule has 2 nitrogen and oxygen atoms in total. The summed E-state index contributed by atoms with van der Waals surface area (Å²) in [5, 5.41) is 14.2. The van der Waals surface area contributed by atoms with E-state index in [0.29, 0.717) is 5.92 Å². The van der Waals surface area contributed by atoms with Gasteiger partial charge in [0, 0.05) is 5.54 Å². The largest absolute Gasteiger partial charge is 0.390 e. The highest BCUT2D eigenvalue weighted by Gasteiger charge is 2.35. The molecule has 1 fully saturated rings. The van der Waals surface area contributed by atoms with E-state index in [2.05, 4.69) is 33.0 Å². The molecule has 0 aliphatic heterocycles. The molecule has 0 bridgehead atoms. The summed E-state index contributed by atoms with van der Waals surface area (Å²) in [5.41, 5.74) is -0.347. The average molecular weight is 255 g/mol. The van der Waals surface area contributed by atoms with Crippen LogP contribution in [0.1, 0.15) is 73.1 Å². The van der Waals surface area contributed by atoms with E-state index >= 15 is 0 Å². The van der Waals surface area contributed by atoms with Gasteiger partial charge in [-0.2, -0.15) is 0 Å². The van der Waals surface area contributed by atoms with Crippen molar-refractivity contribution in [3.8, 4) is 0 Å². The molecule has 2 N–H and O–H groups in total. The normalized spacial score (nSPS) is 29.0. The van der Waals surface area contributed by atoms with E-state index in [1.807, 2.05) is 6.92 Å². The second kappa shape index (κ2) is 6.38. The molecule has 0 radical (unpaired) electrons. The Kier molecular flexibility index (Phi) is 5.67.